The van der Waals surface area contributed by atoms with Gasteiger partial charge >= 0.3 is 0 Å². The third kappa shape index (κ3) is 5.65. The van der Waals surface area contributed by atoms with Crippen molar-refractivity contribution in [2.24, 2.45) is 5.92 Å². The number of hydrogen-bond acceptors (Lipinski definition) is 1. The molecule has 0 fully saturated rings. The van der Waals surface area contributed by atoms with Crippen molar-refractivity contribution in [2.75, 3.05) is 6.61 Å². The van der Waals surface area contributed by atoms with Crippen molar-refractivity contribution in [3.05, 3.63) is 72.4 Å². The van der Waals surface area contributed by atoms with Gasteiger partial charge < -0.3 is 4.74 Å². The van der Waals surface area contributed by atoms with Gasteiger partial charge in [0.1, 0.15) is 0 Å². The van der Waals surface area contributed by atoms with Crippen molar-refractivity contribution >= 4 is 0 Å². The second kappa shape index (κ2) is 8.48. The molecule has 0 aromatic heterocycles. The van der Waals surface area contributed by atoms with E-state index in [1.165, 1.54) is 11.1 Å². The second-order valence-electron chi connectivity index (χ2n) is 4.46. The van der Waals surface area contributed by atoms with Crippen LogP contribution < -0.4 is 0 Å². The van der Waals surface area contributed by atoms with Gasteiger partial charge in [0.2, 0.25) is 0 Å². The summed E-state index contributed by atoms with van der Waals surface area (Å²) >= 11 is 0. The Morgan fingerprint density at radius 2 is 2.00 bits per heavy atom. The first-order chi connectivity index (χ1) is 8.74. The fourth-order valence-electron chi connectivity index (χ4n) is 1.58. The lowest BCUT2D eigenvalue weighted by Gasteiger charge is -2.05. The Labute approximate surface area is 110 Å². The molecule has 1 heteroatoms. The fourth-order valence-corrected chi connectivity index (χ4v) is 1.58. The molecule has 1 nitrogen and oxygen atoms in total. The first-order valence-electron chi connectivity index (χ1n) is 6.35. The highest BCUT2D eigenvalue weighted by atomic mass is 16.5. The zero-order valence-corrected chi connectivity index (χ0v) is 11.3. The number of benzene rings is 1. The van der Waals surface area contributed by atoms with E-state index in [4.69, 9.17) is 4.74 Å². The molecule has 0 aliphatic heterocycles. The molecule has 0 aliphatic carbocycles. The molecule has 0 amide bonds. The first-order valence-corrected chi connectivity index (χ1v) is 6.35. The zero-order chi connectivity index (χ0) is 13.2. The predicted molar refractivity (Wildman–Crippen MR) is 78.4 cm³/mol. The van der Waals surface area contributed by atoms with Crippen LogP contribution in [0.1, 0.15) is 19.4 Å². The summed E-state index contributed by atoms with van der Waals surface area (Å²) in [6.07, 6.45) is 8.03. The molecular weight excluding hydrogens is 220 g/mol. The minimum absolute atomic E-state index is 0.508. The number of allylic oxidation sites excluding steroid dienone is 4. The Hall–Kier alpha value is -1.60. The summed E-state index contributed by atoms with van der Waals surface area (Å²) in [7, 11) is 0. The Balaban J connectivity index is 2.33. The van der Waals surface area contributed by atoms with Gasteiger partial charge in [-0.15, -0.1) is 0 Å². The maximum atomic E-state index is 5.59. The van der Waals surface area contributed by atoms with Crippen LogP contribution in [-0.2, 0) is 11.3 Å². The minimum Gasteiger partial charge on any atom is -0.373 e. The van der Waals surface area contributed by atoms with E-state index >= 15 is 0 Å². The molecule has 0 N–H and O–H groups in total. The summed E-state index contributed by atoms with van der Waals surface area (Å²) in [6.45, 7) is 9.36. The van der Waals surface area contributed by atoms with E-state index in [-0.39, 0.29) is 0 Å². The molecule has 0 heterocycles. The summed E-state index contributed by atoms with van der Waals surface area (Å²) in [6, 6.07) is 10.2. The molecule has 0 aliphatic rings. The van der Waals surface area contributed by atoms with Crippen LogP contribution in [0, 0.1) is 5.92 Å². The molecule has 1 aromatic rings. The highest BCUT2D eigenvalue weighted by Gasteiger charge is 1.96. The standard InChI is InChI=1S/C17H22O/c1-4-9-17(15(2)3)12-8-13-18-14-16-10-6-5-7-11-16/h4-12,15H,1,13-14H2,2-3H3/b12-8-,17-9+. The van der Waals surface area contributed by atoms with Gasteiger partial charge in [0, 0.05) is 0 Å². The molecule has 0 saturated carbocycles. The maximum absolute atomic E-state index is 5.59. The van der Waals surface area contributed by atoms with Crippen LogP contribution in [0.5, 0.6) is 0 Å². The van der Waals surface area contributed by atoms with Gasteiger partial charge in [-0.05, 0) is 17.1 Å². The van der Waals surface area contributed by atoms with Gasteiger partial charge in [-0.2, -0.15) is 0 Å². The zero-order valence-electron chi connectivity index (χ0n) is 11.3. The molecule has 0 unspecified atom stereocenters. The van der Waals surface area contributed by atoms with Crippen molar-refractivity contribution < 1.29 is 4.74 Å². The number of rotatable bonds is 7. The summed E-state index contributed by atoms with van der Waals surface area (Å²) in [5.41, 5.74) is 2.48. The van der Waals surface area contributed by atoms with Gasteiger partial charge in [0.15, 0.2) is 0 Å². The molecular formula is C17H22O. The van der Waals surface area contributed by atoms with Crippen LogP contribution in [-0.4, -0.2) is 6.61 Å². The molecule has 0 radical (unpaired) electrons. The highest BCUT2D eigenvalue weighted by Crippen LogP contribution is 2.11. The normalized spacial score (nSPS) is 12.3. The van der Waals surface area contributed by atoms with Gasteiger partial charge in [-0.25, -0.2) is 0 Å². The monoisotopic (exact) mass is 242 g/mol. The molecule has 18 heavy (non-hydrogen) atoms. The molecule has 0 spiro atoms. The van der Waals surface area contributed by atoms with E-state index in [0.29, 0.717) is 19.1 Å². The largest absolute Gasteiger partial charge is 0.373 e. The van der Waals surface area contributed by atoms with Gasteiger partial charge in [-0.1, -0.05) is 75.1 Å². The van der Waals surface area contributed by atoms with E-state index < -0.39 is 0 Å². The smallest absolute Gasteiger partial charge is 0.0721 e. The molecule has 96 valence electrons. The molecule has 1 aromatic carbocycles. The van der Waals surface area contributed by atoms with E-state index in [1.807, 2.05) is 30.4 Å². The van der Waals surface area contributed by atoms with Crippen LogP contribution in [0.25, 0.3) is 0 Å². The van der Waals surface area contributed by atoms with Crippen LogP contribution in [0.3, 0.4) is 0 Å². The number of hydrogen-bond donors (Lipinski definition) is 0. The lowest BCUT2D eigenvalue weighted by molar-refractivity contribution is 0.148. The first kappa shape index (κ1) is 14.5. The summed E-state index contributed by atoms with van der Waals surface area (Å²) < 4.78 is 5.59. The Morgan fingerprint density at radius 3 is 2.61 bits per heavy atom. The highest BCUT2D eigenvalue weighted by molar-refractivity contribution is 5.24. The van der Waals surface area contributed by atoms with Crippen molar-refractivity contribution in [1.82, 2.24) is 0 Å². The molecule has 1 rings (SSSR count). The molecule has 0 bridgehead atoms. The third-order valence-corrected chi connectivity index (χ3v) is 2.61. The van der Waals surface area contributed by atoms with Crippen LogP contribution >= 0.6 is 0 Å². The molecule has 0 saturated heterocycles. The summed E-state index contributed by atoms with van der Waals surface area (Å²) in [5, 5.41) is 0. The second-order valence-corrected chi connectivity index (χ2v) is 4.46. The fraction of sp³-hybridized carbons (Fsp3) is 0.294. The van der Waals surface area contributed by atoms with E-state index in [9.17, 15) is 0 Å². The van der Waals surface area contributed by atoms with E-state index in [2.05, 4.69) is 44.7 Å². The van der Waals surface area contributed by atoms with E-state index in [1.54, 1.807) is 0 Å². The summed E-state index contributed by atoms with van der Waals surface area (Å²) in [5.74, 6) is 0.508. The van der Waals surface area contributed by atoms with Crippen LogP contribution in [0.2, 0.25) is 0 Å². The van der Waals surface area contributed by atoms with Crippen LogP contribution in [0.15, 0.2) is 66.8 Å². The average molecular weight is 242 g/mol. The van der Waals surface area contributed by atoms with Crippen molar-refractivity contribution in [2.45, 2.75) is 20.5 Å². The Morgan fingerprint density at radius 1 is 1.28 bits per heavy atom. The van der Waals surface area contributed by atoms with Gasteiger partial charge in [-0.3, -0.25) is 0 Å². The van der Waals surface area contributed by atoms with Crippen LogP contribution in [0.4, 0.5) is 0 Å². The lowest BCUT2D eigenvalue weighted by Crippen LogP contribution is -1.94. The Bertz CT molecular complexity index is 399. The SMILES string of the molecule is C=C/C=C(\C=C/COCc1ccccc1)C(C)C. The van der Waals surface area contributed by atoms with Crippen molar-refractivity contribution in [1.29, 1.82) is 0 Å². The van der Waals surface area contributed by atoms with Crippen molar-refractivity contribution in [3.8, 4) is 0 Å². The summed E-state index contributed by atoms with van der Waals surface area (Å²) in [4.78, 5) is 0. The van der Waals surface area contributed by atoms with Gasteiger partial charge in [0.05, 0.1) is 13.2 Å². The minimum atomic E-state index is 0.508. The lowest BCUT2D eigenvalue weighted by atomic mass is 10.0. The molecule has 0 atom stereocenters. The van der Waals surface area contributed by atoms with Gasteiger partial charge in [0.25, 0.3) is 0 Å². The average Bonchev–Trinajstić information content (AvgIpc) is 2.38. The Kier molecular flexibility index (Phi) is 6.82. The van der Waals surface area contributed by atoms with E-state index in [0.717, 1.165) is 0 Å². The quantitative estimate of drug-likeness (QED) is 0.504. The maximum Gasteiger partial charge on any atom is 0.0721 e. The number of ether oxygens (including phenoxy) is 1. The van der Waals surface area contributed by atoms with Crippen molar-refractivity contribution in [3.63, 3.8) is 0 Å². The topological polar surface area (TPSA) is 9.23 Å². The predicted octanol–water partition coefficient (Wildman–Crippen LogP) is 4.53. The third-order valence-electron chi connectivity index (χ3n) is 2.61.